The Kier molecular flexibility index (Phi) is 8.85. The van der Waals surface area contributed by atoms with Crippen LogP contribution in [0.25, 0.3) is 0 Å². The highest BCUT2D eigenvalue weighted by atomic mass is 16.5. The number of amides is 2. The number of aromatic nitrogens is 2. The first kappa shape index (κ1) is 31.5. The molecule has 3 fully saturated rings. The van der Waals surface area contributed by atoms with Crippen LogP contribution in [0.4, 0.5) is 0 Å². The third-order valence-corrected chi connectivity index (χ3v) is 11.3. The van der Waals surface area contributed by atoms with Gasteiger partial charge in [-0.2, -0.15) is 0 Å². The van der Waals surface area contributed by atoms with E-state index < -0.39 is 0 Å². The molecule has 1 spiro atoms. The van der Waals surface area contributed by atoms with Gasteiger partial charge in [-0.3, -0.25) is 14.5 Å². The first-order valence-corrected chi connectivity index (χ1v) is 17.5. The molecule has 5 unspecified atom stereocenters. The maximum absolute atomic E-state index is 13.5. The van der Waals surface area contributed by atoms with Gasteiger partial charge in [-0.25, -0.2) is 4.98 Å². The number of piperidine rings is 1. The minimum Gasteiger partial charge on any atom is -0.494 e. The van der Waals surface area contributed by atoms with E-state index in [0.29, 0.717) is 48.8 Å². The zero-order chi connectivity index (χ0) is 32.5. The van der Waals surface area contributed by atoms with Gasteiger partial charge >= 0.3 is 0 Å². The van der Waals surface area contributed by atoms with Gasteiger partial charge in [0.05, 0.1) is 24.9 Å². The minimum atomic E-state index is 0.0214. The largest absolute Gasteiger partial charge is 0.494 e. The number of nitrogens with zero attached hydrogens (tertiary/aromatic N) is 4. The molecule has 8 heteroatoms. The minimum absolute atomic E-state index is 0.0214. The molecule has 1 aromatic heterocycles. The van der Waals surface area contributed by atoms with Crippen molar-refractivity contribution in [2.75, 3.05) is 19.7 Å². The van der Waals surface area contributed by atoms with E-state index in [-0.39, 0.29) is 17.9 Å². The summed E-state index contributed by atoms with van der Waals surface area (Å²) in [6, 6.07) is 19.6. The molecule has 2 amide bonds. The number of likely N-dealkylation sites (tertiary alicyclic amines) is 1. The lowest BCUT2D eigenvalue weighted by Crippen LogP contribution is -2.74. The van der Waals surface area contributed by atoms with Crippen molar-refractivity contribution >= 4 is 11.8 Å². The summed E-state index contributed by atoms with van der Waals surface area (Å²) in [5, 5.41) is 3.20. The van der Waals surface area contributed by atoms with Crippen LogP contribution < -0.4 is 10.1 Å². The van der Waals surface area contributed by atoms with Crippen LogP contribution in [0.5, 0.6) is 5.75 Å². The lowest BCUT2D eigenvalue weighted by molar-refractivity contribution is -0.188. The average molecular weight is 634 g/mol. The molecule has 246 valence electrons. The molecule has 3 aromatic rings. The summed E-state index contributed by atoms with van der Waals surface area (Å²) < 4.78 is 8.36. The second-order valence-electron chi connectivity index (χ2n) is 14.0. The van der Waals surface area contributed by atoms with Gasteiger partial charge in [0.2, 0.25) is 5.91 Å². The zero-order valence-corrected chi connectivity index (χ0v) is 27.8. The van der Waals surface area contributed by atoms with Crippen LogP contribution in [-0.2, 0) is 17.8 Å². The van der Waals surface area contributed by atoms with Gasteiger partial charge in [-0.05, 0) is 81.7 Å². The molecular weight excluding hydrogens is 586 g/mol. The predicted octanol–water partition coefficient (Wildman–Crippen LogP) is 6.01. The summed E-state index contributed by atoms with van der Waals surface area (Å²) in [6.45, 7) is 6.63. The number of hydrogen-bond acceptors (Lipinski definition) is 5. The van der Waals surface area contributed by atoms with E-state index in [2.05, 4.69) is 51.9 Å². The highest BCUT2D eigenvalue weighted by molar-refractivity contribution is 5.94. The normalized spacial score (nSPS) is 25.0. The van der Waals surface area contributed by atoms with Gasteiger partial charge < -0.3 is 19.5 Å². The maximum Gasteiger partial charge on any atom is 0.254 e. The molecule has 5 atom stereocenters. The first-order chi connectivity index (χ1) is 22.9. The zero-order valence-electron chi connectivity index (χ0n) is 27.8. The Morgan fingerprint density at radius 2 is 1.94 bits per heavy atom. The van der Waals surface area contributed by atoms with Crippen molar-refractivity contribution in [3.05, 3.63) is 82.9 Å². The van der Waals surface area contributed by atoms with Crippen LogP contribution >= 0.6 is 0 Å². The Bertz CT molecular complexity index is 1640. The van der Waals surface area contributed by atoms with Crippen molar-refractivity contribution in [2.45, 2.75) is 102 Å². The van der Waals surface area contributed by atoms with E-state index >= 15 is 0 Å². The molecule has 1 saturated heterocycles. The molecule has 2 aliphatic heterocycles. The van der Waals surface area contributed by atoms with Gasteiger partial charge in [-0.1, -0.05) is 30.3 Å². The molecule has 3 heterocycles. The quantitative estimate of drug-likeness (QED) is 0.195. The fourth-order valence-corrected chi connectivity index (χ4v) is 9.15. The highest BCUT2D eigenvalue weighted by Gasteiger charge is 2.69. The van der Waals surface area contributed by atoms with Gasteiger partial charge in [0.15, 0.2) is 0 Å². The number of nitrogens with one attached hydrogen (secondary N) is 1. The summed E-state index contributed by atoms with van der Waals surface area (Å²) in [4.78, 5) is 35.2. The molecule has 2 aliphatic carbocycles. The number of unbranched alkanes of at least 4 members (excludes halogenated alkanes) is 2. The summed E-state index contributed by atoms with van der Waals surface area (Å²) in [6.07, 6.45) is 14.7. The number of carbonyl (C=O) groups is 2. The summed E-state index contributed by atoms with van der Waals surface area (Å²) in [7, 11) is 0. The number of aryl methyl sites for hydroxylation is 1. The maximum atomic E-state index is 13.5. The van der Waals surface area contributed by atoms with E-state index in [4.69, 9.17) is 16.1 Å². The number of rotatable bonds is 12. The topological polar surface area (TPSA) is 79.7 Å². The standard InChI is InChI=1S/C39H47N5O3/c1-4-5-6-10-23-47-32-15-13-30(14-16-32)38(46)42-21-19-35-34(26-42)40-27(2)44(35)31-24-37-39(25-31)20-17-36(39)43(37)22-18-33(41-28(3)45)29-11-8-7-9-12-29/h1,7-9,11-16,31,33,36-37H,5-6,10,17-26H2,2-3H3,(H,41,45). The summed E-state index contributed by atoms with van der Waals surface area (Å²) in [5.74, 6) is 4.57. The fraction of sp³-hybridized carbons (Fsp3) is 0.513. The third-order valence-electron chi connectivity index (χ3n) is 11.3. The van der Waals surface area contributed by atoms with Gasteiger partial charge in [-0.15, -0.1) is 12.3 Å². The molecule has 2 aromatic carbocycles. The first-order valence-electron chi connectivity index (χ1n) is 17.5. The monoisotopic (exact) mass is 633 g/mol. The molecule has 0 bridgehead atoms. The number of benzene rings is 2. The van der Waals surface area contributed by atoms with E-state index in [0.717, 1.165) is 62.3 Å². The Labute approximate surface area is 278 Å². The Balaban J connectivity index is 0.980. The molecule has 1 N–H and O–H groups in total. The number of fused-ring (bicyclic) bond motifs is 1. The lowest BCUT2D eigenvalue weighted by Gasteiger charge is -2.68. The predicted molar refractivity (Wildman–Crippen MR) is 182 cm³/mol. The number of ether oxygens (including phenoxy) is 1. The molecular formula is C39H47N5O3. The SMILES string of the molecule is C#CCCCCOc1ccc(C(=O)N2CCc3c(nc(C)n3C3CC4N(CCC(NC(C)=O)c5ccccc5)C5CCC54C3)C2)cc1. The Morgan fingerprint density at radius 1 is 1.13 bits per heavy atom. The van der Waals surface area contributed by atoms with Crippen LogP contribution in [0, 0.1) is 24.7 Å². The Morgan fingerprint density at radius 3 is 2.66 bits per heavy atom. The number of carbonyl (C=O) groups excluding carboxylic acids is 2. The summed E-state index contributed by atoms with van der Waals surface area (Å²) >= 11 is 0. The van der Waals surface area contributed by atoms with Crippen LogP contribution in [0.15, 0.2) is 54.6 Å². The van der Waals surface area contributed by atoms with Crippen molar-refractivity contribution in [3.63, 3.8) is 0 Å². The van der Waals surface area contributed by atoms with E-state index in [1.807, 2.05) is 35.2 Å². The van der Waals surface area contributed by atoms with E-state index in [1.54, 1.807) is 6.92 Å². The van der Waals surface area contributed by atoms with Crippen LogP contribution in [0.1, 0.15) is 104 Å². The highest BCUT2D eigenvalue weighted by Crippen LogP contribution is 2.67. The van der Waals surface area contributed by atoms with E-state index in [9.17, 15) is 9.59 Å². The summed E-state index contributed by atoms with van der Waals surface area (Å²) in [5.41, 5.74) is 4.65. The molecule has 8 nitrogen and oxygen atoms in total. The van der Waals surface area contributed by atoms with Crippen LogP contribution in [0.2, 0.25) is 0 Å². The van der Waals surface area contributed by atoms with E-state index in [1.165, 1.54) is 30.5 Å². The Hall–Kier alpha value is -4.09. The second-order valence-corrected chi connectivity index (χ2v) is 14.0. The van der Waals surface area contributed by atoms with Crippen molar-refractivity contribution in [2.24, 2.45) is 5.41 Å². The van der Waals surface area contributed by atoms with Crippen molar-refractivity contribution in [1.29, 1.82) is 0 Å². The van der Waals surface area contributed by atoms with Crippen LogP contribution in [0.3, 0.4) is 0 Å². The number of hydrogen-bond donors (Lipinski definition) is 1. The van der Waals surface area contributed by atoms with Crippen molar-refractivity contribution < 1.29 is 14.3 Å². The van der Waals surface area contributed by atoms with Crippen LogP contribution in [-0.4, -0.2) is 62.9 Å². The smallest absolute Gasteiger partial charge is 0.254 e. The number of imidazole rings is 1. The van der Waals surface area contributed by atoms with Gasteiger partial charge in [0.1, 0.15) is 11.6 Å². The number of terminal acetylenes is 1. The second kappa shape index (κ2) is 13.2. The van der Waals surface area contributed by atoms with Gasteiger partial charge in [0.25, 0.3) is 5.91 Å². The molecule has 7 rings (SSSR count). The molecule has 0 radical (unpaired) electrons. The molecule has 4 aliphatic rings. The lowest BCUT2D eigenvalue weighted by atomic mass is 9.53. The third kappa shape index (κ3) is 5.95. The van der Waals surface area contributed by atoms with Crippen molar-refractivity contribution in [1.82, 2.24) is 24.7 Å². The fourth-order valence-electron chi connectivity index (χ4n) is 9.15. The molecule has 47 heavy (non-hydrogen) atoms. The molecule has 2 saturated carbocycles. The van der Waals surface area contributed by atoms with Crippen molar-refractivity contribution in [3.8, 4) is 18.1 Å². The van der Waals surface area contributed by atoms with Gasteiger partial charge in [0, 0.05) is 67.7 Å². The average Bonchev–Trinajstić information content (AvgIpc) is 3.62.